The molecule has 1 aromatic heterocycles. The van der Waals surface area contributed by atoms with Crippen molar-refractivity contribution in [2.24, 2.45) is 0 Å². The van der Waals surface area contributed by atoms with Gasteiger partial charge in [0.05, 0.1) is 5.03 Å². The minimum Gasteiger partial charge on any atom is -0.501 e. The number of rotatable bonds is 2. The van der Waals surface area contributed by atoms with Crippen molar-refractivity contribution in [3.63, 3.8) is 0 Å². The van der Waals surface area contributed by atoms with E-state index in [1.165, 1.54) is 18.0 Å². The van der Waals surface area contributed by atoms with Gasteiger partial charge < -0.3 is 5.11 Å². The Morgan fingerprint density at radius 2 is 2.46 bits per heavy atom. The van der Waals surface area contributed by atoms with Gasteiger partial charge in [-0.25, -0.2) is 4.98 Å². The van der Waals surface area contributed by atoms with E-state index < -0.39 is 0 Å². The number of aromatic nitrogens is 1. The molecule has 0 atom stereocenters. The number of hydrogen-bond acceptors (Lipinski definition) is 4. The largest absolute Gasteiger partial charge is 0.501 e. The molecule has 0 spiro atoms. The molecule has 0 aromatic carbocycles. The maximum atomic E-state index is 9.24. The van der Waals surface area contributed by atoms with Crippen molar-refractivity contribution in [2.45, 2.75) is 5.03 Å². The van der Waals surface area contributed by atoms with Crippen LogP contribution in [0.5, 0.6) is 0 Å². The van der Waals surface area contributed by atoms with Gasteiger partial charge in [0.2, 0.25) is 11.2 Å². The van der Waals surface area contributed by atoms with Crippen LogP contribution in [0.25, 0.3) is 10.7 Å². The zero-order valence-electron chi connectivity index (χ0n) is 7.01. The van der Waals surface area contributed by atoms with Crippen LogP contribution in [0.2, 0.25) is 0 Å². The molecule has 5 heteroatoms. The number of aliphatic hydroxyl groups excluding tert-OH is 1. The molecule has 1 rings (SSSR count). The first-order valence-electron chi connectivity index (χ1n) is 3.51. The number of pyridine rings is 1. The van der Waals surface area contributed by atoms with Crippen LogP contribution >= 0.6 is 11.8 Å². The van der Waals surface area contributed by atoms with Gasteiger partial charge in [-0.1, -0.05) is 0 Å². The Balaban J connectivity index is 2.94. The van der Waals surface area contributed by atoms with Gasteiger partial charge in [0.1, 0.15) is 0 Å². The molecule has 4 nitrogen and oxygen atoms in total. The lowest BCUT2D eigenvalue weighted by atomic mass is 10.2. The number of thioether (sulfide) groups is 1. The Morgan fingerprint density at radius 3 is 2.92 bits per heavy atom. The van der Waals surface area contributed by atoms with E-state index in [1.54, 1.807) is 12.1 Å². The van der Waals surface area contributed by atoms with Gasteiger partial charge in [0.25, 0.3) is 0 Å². The van der Waals surface area contributed by atoms with Crippen LogP contribution < -0.4 is 0 Å². The van der Waals surface area contributed by atoms with Crippen molar-refractivity contribution >= 4 is 17.5 Å². The fraction of sp³-hybridized carbons (Fsp3) is 0.125. The molecule has 0 saturated heterocycles. The van der Waals surface area contributed by atoms with Crippen LogP contribution in [-0.4, -0.2) is 16.3 Å². The van der Waals surface area contributed by atoms with E-state index in [2.05, 4.69) is 9.96 Å². The second-order valence-electron chi connectivity index (χ2n) is 2.22. The van der Waals surface area contributed by atoms with E-state index >= 15 is 0 Å². The second kappa shape index (κ2) is 4.48. The third-order valence-corrected chi connectivity index (χ3v) is 2.08. The van der Waals surface area contributed by atoms with Gasteiger partial charge in [0.15, 0.2) is 4.98 Å². The van der Waals surface area contributed by atoms with Gasteiger partial charge in [-0.2, -0.15) is 0 Å². The Bertz CT molecular complexity index is 353. The Morgan fingerprint density at radius 1 is 1.69 bits per heavy atom. The van der Waals surface area contributed by atoms with E-state index in [0.29, 0.717) is 5.56 Å². The van der Waals surface area contributed by atoms with Crippen LogP contribution in [0.3, 0.4) is 0 Å². The highest BCUT2D eigenvalue weighted by atomic mass is 32.2. The summed E-state index contributed by atoms with van der Waals surface area (Å²) in [6, 6.07) is 3.48. The molecule has 0 amide bonds. The standard InChI is InChI=1S/C8H7N3OS/c1-13-8-3-2-6(4-10-8)7(12)5-11-9/h2-5H,1H3/p+1/b7-5+. The second-order valence-corrected chi connectivity index (χ2v) is 3.05. The van der Waals surface area contributed by atoms with Gasteiger partial charge in [-0.15, -0.1) is 11.8 Å². The van der Waals surface area contributed by atoms with E-state index in [9.17, 15) is 5.11 Å². The molecule has 0 bridgehead atoms. The summed E-state index contributed by atoms with van der Waals surface area (Å²) in [5, 5.41) is 18.3. The summed E-state index contributed by atoms with van der Waals surface area (Å²) in [6.45, 7) is 0. The molecule has 0 unspecified atom stereocenters. The highest BCUT2D eigenvalue weighted by Crippen LogP contribution is 2.15. The van der Waals surface area contributed by atoms with Crippen LogP contribution in [0.4, 0.5) is 0 Å². The molecule has 1 heterocycles. The minimum atomic E-state index is -0.109. The summed E-state index contributed by atoms with van der Waals surface area (Å²) in [4.78, 5) is 6.75. The third kappa shape index (κ3) is 2.46. The van der Waals surface area contributed by atoms with Crippen LogP contribution in [-0.2, 0) is 0 Å². The first-order valence-corrected chi connectivity index (χ1v) is 4.74. The lowest BCUT2D eigenvalue weighted by Gasteiger charge is -1.96. The number of diazo groups is 1. The maximum absolute atomic E-state index is 9.24. The summed E-state index contributed by atoms with van der Waals surface area (Å²) in [5.74, 6) is -0.109. The molecule has 0 aliphatic carbocycles. The van der Waals surface area contributed by atoms with Gasteiger partial charge in [-0.05, 0) is 18.4 Å². The number of hydrogen-bond donors (Lipinski definition) is 1. The Labute approximate surface area is 79.9 Å². The lowest BCUT2D eigenvalue weighted by Crippen LogP contribution is -1.85. The van der Waals surface area contributed by atoms with Crippen LogP contribution in [0.1, 0.15) is 5.56 Å². The normalized spacial score (nSPS) is 10.9. The molecular formula is C8H8N3OS+. The molecule has 0 radical (unpaired) electrons. The fourth-order valence-corrected chi connectivity index (χ4v) is 1.14. The predicted molar refractivity (Wildman–Crippen MR) is 51.7 cm³/mol. The van der Waals surface area contributed by atoms with Crippen LogP contribution in [0.15, 0.2) is 29.6 Å². The molecular weight excluding hydrogens is 186 g/mol. The van der Waals surface area contributed by atoms with Crippen molar-refractivity contribution in [1.29, 1.82) is 5.39 Å². The van der Waals surface area contributed by atoms with Crippen molar-refractivity contribution in [3.8, 4) is 0 Å². The SMILES string of the molecule is CSc1ccc(/C(O)=C\[N+]#N)cn1. The highest BCUT2D eigenvalue weighted by Gasteiger charge is 2.03. The monoisotopic (exact) mass is 194 g/mol. The van der Waals surface area contributed by atoms with Crippen LogP contribution in [0, 0.1) is 5.39 Å². The molecule has 1 N–H and O–H groups in total. The zero-order chi connectivity index (χ0) is 9.68. The summed E-state index contributed by atoms with van der Waals surface area (Å²) >= 11 is 1.52. The molecule has 66 valence electrons. The smallest absolute Gasteiger partial charge is 0.392 e. The minimum absolute atomic E-state index is 0.109. The molecule has 0 fully saturated rings. The molecule has 0 aliphatic rings. The van der Waals surface area contributed by atoms with Crippen molar-refractivity contribution in [1.82, 2.24) is 4.98 Å². The molecule has 1 aromatic rings. The first-order chi connectivity index (χ1) is 6.27. The maximum Gasteiger partial charge on any atom is 0.392 e. The van der Waals surface area contributed by atoms with Crippen molar-refractivity contribution in [2.75, 3.05) is 6.26 Å². The summed E-state index contributed by atoms with van der Waals surface area (Å²) in [6.07, 6.45) is 4.39. The summed E-state index contributed by atoms with van der Waals surface area (Å²) < 4.78 is 0. The average molecular weight is 194 g/mol. The lowest BCUT2D eigenvalue weighted by molar-refractivity contribution is 0.511. The van der Waals surface area contributed by atoms with Gasteiger partial charge in [0, 0.05) is 11.8 Å². The van der Waals surface area contributed by atoms with Gasteiger partial charge in [-0.3, -0.25) is 0 Å². The van der Waals surface area contributed by atoms with E-state index in [1.807, 2.05) is 6.26 Å². The predicted octanol–water partition coefficient (Wildman–Crippen LogP) is 2.51. The number of aliphatic hydroxyl groups is 1. The third-order valence-electron chi connectivity index (χ3n) is 1.42. The Hall–Kier alpha value is -1.54. The first kappa shape index (κ1) is 9.55. The quantitative estimate of drug-likeness (QED) is 0.446. The number of nitrogens with zero attached hydrogens (tertiary/aromatic N) is 3. The average Bonchev–Trinajstić information content (AvgIpc) is 2.18. The zero-order valence-corrected chi connectivity index (χ0v) is 7.82. The van der Waals surface area contributed by atoms with Crippen molar-refractivity contribution in [3.05, 3.63) is 35.1 Å². The summed E-state index contributed by atoms with van der Waals surface area (Å²) in [7, 11) is 0. The highest BCUT2D eigenvalue weighted by molar-refractivity contribution is 7.98. The topological polar surface area (TPSA) is 61.3 Å². The van der Waals surface area contributed by atoms with E-state index in [-0.39, 0.29) is 5.76 Å². The summed E-state index contributed by atoms with van der Waals surface area (Å²) in [5.41, 5.74) is 0.524. The molecule has 0 saturated carbocycles. The van der Waals surface area contributed by atoms with Gasteiger partial charge >= 0.3 is 6.20 Å². The fourth-order valence-electron chi connectivity index (χ4n) is 0.782. The molecule has 13 heavy (non-hydrogen) atoms. The van der Waals surface area contributed by atoms with Crippen molar-refractivity contribution < 1.29 is 5.11 Å². The van der Waals surface area contributed by atoms with E-state index in [4.69, 9.17) is 5.39 Å². The molecule has 0 aliphatic heterocycles. The Kier molecular flexibility index (Phi) is 3.29. The van der Waals surface area contributed by atoms with E-state index in [0.717, 1.165) is 11.2 Å².